The summed E-state index contributed by atoms with van der Waals surface area (Å²) in [4.78, 5) is 31.5. The van der Waals surface area contributed by atoms with Crippen molar-refractivity contribution >= 4 is 17.9 Å². The fraction of sp³-hybridized carbons (Fsp3) is 0. The molecule has 0 saturated carbocycles. The number of carbonyl (C=O) groups is 3. The van der Waals surface area contributed by atoms with Gasteiger partial charge < -0.3 is 29.7 Å². The number of carboxylic acid groups (broad SMARTS) is 3. The van der Waals surface area contributed by atoms with E-state index in [4.69, 9.17) is 0 Å². The van der Waals surface area contributed by atoms with Gasteiger partial charge in [-0.1, -0.05) is 18.2 Å². The van der Waals surface area contributed by atoms with Crippen LogP contribution in [0, 0.1) is 0 Å². The van der Waals surface area contributed by atoms with Gasteiger partial charge in [-0.25, -0.2) is 0 Å². The number of hydrogen-bond acceptors (Lipinski definition) is 6. The molecule has 0 aliphatic carbocycles. The molecule has 0 aliphatic heterocycles. The minimum Gasteiger partial charge on any atom is -0.545 e. The largest absolute Gasteiger partial charge is 3.00 e. The summed E-state index contributed by atoms with van der Waals surface area (Å²) in [6, 6.07) is 2.89. The summed E-state index contributed by atoms with van der Waals surface area (Å²) < 4.78 is 0. The van der Waals surface area contributed by atoms with Crippen molar-refractivity contribution in [3.8, 4) is 0 Å². The first-order valence-corrected chi connectivity index (χ1v) is 3.72. The fourth-order valence-corrected chi connectivity index (χ4v) is 1.11. The molecule has 0 spiro atoms. The monoisotopic (exact) mass is 270 g/mol. The van der Waals surface area contributed by atoms with Crippen molar-refractivity contribution in [2.45, 2.75) is 0 Å². The summed E-state index contributed by atoms with van der Waals surface area (Å²) in [5.41, 5.74) is -2.45. The van der Waals surface area contributed by atoms with Crippen molar-refractivity contribution in [1.82, 2.24) is 0 Å². The molecule has 0 radical (unpaired) electrons. The van der Waals surface area contributed by atoms with Crippen LogP contribution in [0.3, 0.4) is 0 Å². The minimum absolute atomic E-state index is 0. The summed E-state index contributed by atoms with van der Waals surface area (Å²) in [5.74, 6) is -5.50. The van der Waals surface area contributed by atoms with Crippen molar-refractivity contribution in [2.24, 2.45) is 0 Å². The van der Waals surface area contributed by atoms with Crippen molar-refractivity contribution in [3.63, 3.8) is 0 Å². The molecule has 0 heterocycles. The molecular weight excluding hydrogens is 268 g/mol. The van der Waals surface area contributed by atoms with E-state index in [0.717, 1.165) is 18.2 Å². The Balaban J connectivity index is 0.00000225. The van der Waals surface area contributed by atoms with E-state index in [9.17, 15) is 29.7 Å². The first kappa shape index (κ1) is 14.1. The van der Waals surface area contributed by atoms with Gasteiger partial charge in [-0.2, -0.15) is 0 Å². The minimum atomic E-state index is -1.91. The molecule has 86 valence electrons. The molecule has 0 amide bonds. The number of aromatic carboxylic acids is 3. The molecule has 0 N–H and O–H groups in total. The molecule has 0 bridgehead atoms. The summed E-state index contributed by atoms with van der Waals surface area (Å²) in [5, 5.41) is 31.5. The molecule has 1 aromatic carbocycles. The number of rotatable bonds is 3. The van der Waals surface area contributed by atoms with E-state index in [1.807, 2.05) is 0 Å². The molecule has 0 unspecified atom stereocenters. The molecule has 0 fully saturated rings. The van der Waals surface area contributed by atoms with Gasteiger partial charge in [0.25, 0.3) is 0 Å². The van der Waals surface area contributed by atoms with Crippen LogP contribution in [0.15, 0.2) is 18.2 Å². The fourth-order valence-electron chi connectivity index (χ4n) is 1.11. The number of carboxylic acids is 3. The SMILES string of the molecule is O=C([O-])c1cccc(C(=O)[O-])c1C(=O)[O-].[Cu+3]. The van der Waals surface area contributed by atoms with Gasteiger partial charge >= 0.3 is 17.1 Å². The van der Waals surface area contributed by atoms with Crippen LogP contribution in [0.2, 0.25) is 0 Å². The Morgan fingerprint density at radius 1 is 0.812 bits per heavy atom. The zero-order valence-electron chi connectivity index (χ0n) is 7.48. The Hall–Kier alpha value is -1.85. The Bertz CT molecular complexity index is 421. The van der Waals surface area contributed by atoms with Gasteiger partial charge in [0.1, 0.15) is 0 Å². The van der Waals surface area contributed by atoms with Crippen LogP contribution in [0.1, 0.15) is 31.1 Å². The zero-order valence-corrected chi connectivity index (χ0v) is 8.42. The van der Waals surface area contributed by atoms with Crippen LogP contribution >= 0.6 is 0 Å². The Morgan fingerprint density at radius 3 is 1.44 bits per heavy atom. The third-order valence-corrected chi connectivity index (χ3v) is 1.71. The first-order chi connectivity index (χ1) is 6.95. The molecule has 0 atom stereocenters. The van der Waals surface area contributed by atoms with Crippen LogP contribution < -0.4 is 15.3 Å². The number of benzene rings is 1. The second kappa shape index (κ2) is 5.29. The maximum atomic E-state index is 10.6. The molecule has 1 aromatic rings. The molecular formula is C9H3CuO6. The first-order valence-electron chi connectivity index (χ1n) is 3.72. The van der Waals surface area contributed by atoms with Crippen LogP contribution in [-0.2, 0) is 17.1 Å². The molecule has 0 aliphatic rings. The summed E-state index contributed by atoms with van der Waals surface area (Å²) in [7, 11) is 0. The third-order valence-electron chi connectivity index (χ3n) is 1.71. The predicted molar refractivity (Wildman–Crippen MR) is 39.4 cm³/mol. The summed E-state index contributed by atoms with van der Waals surface area (Å²) >= 11 is 0. The molecule has 1 rings (SSSR count). The second-order valence-corrected chi connectivity index (χ2v) is 2.59. The predicted octanol–water partition coefficient (Wildman–Crippen LogP) is -3.23. The summed E-state index contributed by atoms with van der Waals surface area (Å²) in [6.45, 7) is 0. The molecule has 0 saturated heterocycles. The Kier molecular flexibility index (Phi) is 4.68. The van der Waals surface area contributed by atoms with E-state index >= 15 is 0 Å². The van der Waals surface area contributed by atoms with E-state index in [1.165, 1.54) is 0 Å². The van der Waals surface area contributed by atoms with Crippen molar-refractivity contribution in [2.75, 3.05) is 0 Å². The van der Waals surface area contributed by atoms with E-state index in [2.05, 4.69) is 0 Å². The van der Waals surface area contributed by atoms with E-state index in [1.54, 1.807) is 0 Å². The van der Waals surface area contributed by atoms with Gasteiger partial charge in [0.05, 0.1) is 17.9 Å². The molecule has 7 heteroatoms. The second-order valence-electron chi connectivity index (χ2n) is 2.59. The standard InChI is InChI=1S/C9H6O6.Cu/c10-7(11)4-2-1-3-5(8(12)13)6(4)9(14)15;/h1-3H,(H,10,11)(H,12,13)(H,14,15);/q;+3/p-3. The molecule has 0 aromatic heterocycles. The average molecular weight is 271 g/mol. The Labute approximate surface area is 100.0 Å². The number of carbonyl (C=O) groups excluding carboxylic acids is 3. The van der Waals surface area contributed by atoms with Crippen molar-refractivity contribution in [3.05, 3.63) is 34.9 Å². The van der Waals surface area contributed by atoms with Gasteiger partial charge in [0.2, 0.25) is 0 Å². The topological polar surface area (TPSA) is 120 Å². The zero-order chi connectivity index (χ0) is 11.6. The van der Waals surface area contributed by atoms with Crippen molar-refractivity contribution < 1.29 is 46.8 Å². The smallest absolute Gasteiger partial charge is 0.545 e. The van der Waals surface area contributed by atoms with Crippen LogP contribution in [0.25, 0.3) is 0 Å². The average Bonchev–Trinajstić information content (AvgIpc) is 2.16. The Morgan fingerprint density at radius 2 is 1.19 bits per heavy atom. The summed E-state index contributed by atoms with van der Waals surface area (Å²) in [6.07, 6.45) is 0. The normalized spacial score (nSPS) is 9.00. The van der Waals surface area contributed by atoms with Gasteiger partial charge in [0.15, 0.2) is 0 Å². The van der Waals surface area contributed by atoms with Gasteiger partial charge in [0, 0.05) is 16.7 Å². The van der Waals surface area contributed by atoms with E-state index in [-0.39, 0.29) is 17.1 Å². The van der Waals surface area contributed by atoms with E-state index in [0.29, 0.717) is 0 Å². The maximum Gasteiger partial charge on any atom is 3.00 e. The number of hydrogen-bond donors (Lipinski definition) is 0. The van der Waals surface area contributed by atoms with E-state index < -0.39 is 34.6 Å². The molecule has 6 nitrogen and oxygen atoms in total. The van der Waals surface area contributed by atoms with Gasteiger partial charge in [-0.15, -0.1) is 0 Å². The van der Waals surface area contributed by atoms with Crippen LogP contribution in [0.4, 0.5) is 0 Å². The molecule has 16 heavy (non-hydrogen) atoms. The third kappa shape index (κ3) is 2.59. The van der Waals surface area contributed by atoms with Crippen LogP contribution in [-0.4, -0.2) is 17.9 Å². The maximum absolute atomic E-state index is 10.6. The van der Waals surface area contributed by atoms with Crippen molar-refractivity contribution in [1.29, 1.82) is 0 Å². The van der Waals surface area contributed by atoms with Gasteiger partial charge in [-0.05, 0) is 0 Å². The van der Waals surface area contributed by atoms with Gasteiger partial charge in [-0.3, -0.25) is 0 Å². The van der Waals surface area contributed by atoms with Crippen LogP contribution in [0.5, 0.6) is 0 Å². The quantitative estimate of drug-likeness (QED) is 0.533.